The fraction of sp³-hybridized carbons (Fsp3) is 0.333. The molecular weight excluding hydrogens is 479 g/mol. The summed E-state index contributed by atoms with van der Waals surface area (Å²) in [6, 6.07) is 9.33. The Kier molecular flexibility index (Phi) is 9.26. The second-order valence-corrected chi connectivity index (χ2v) is 9.09. The van der Waals surface area contributed by atoms with Crippen molar-refractivity contribution in [2.75, 3.05) is 0 Å². The van der Waals surface area contributed by atoms with Crippen molar-refractivity contribution in [3.05, 3.63) is 82.7 Å². The minimum absolute atomic E-state index is 0.148. The van der Waals surface area contributed by atoms with Crippen LogP contribution in [-0.4, -0.2) is 54.2 Å². The maximum atomic E-state index is 13.6. The van der Waals surface area contributed by atoms with E-state index in [-0.39, 0.29) is 24.6 Å². The van der Waals surface area contributed by atoms with E-state index in [0.29, 0.717) is 16.9 Å². The van der Waals surface area contributed by atoms with Crippen molar-refractivity contribution in [3.8, 4) is 5.69 Å². The third-order valence-corrected chi connectivity index (χ3v) is 5.65. The summed E-state index contributed by atoms with van der Waals surface area (Å²) in [4.78, 5) is 28.3. The predicted octanol–water partition coefficient (Wildman–Crippen LogP) is 3.37. The quantitative estimate of drug-likeness (QED) is 0.310. The molecule has 0 radical (unpaired) electrons. The first-order valence-corrected chi connectivity index (χ1v) is 11.9. The summed E-state index contributed by atoms with van der Waals surface area (Å²) in [7, 11) is 0. The standard InChI is InChI=1S/C27H31FN4O5/c1-16(2)25-23(11-10-21(33)12-22(34)13-24(35)36)32(20-8-6-19(28)7-9-20)31-26(25)27(37)30-15-18-5-4-17(3)29-14-18/h4-11,14,16,21-22,33-34H,12-13,15H2,1-3H3,(H,30,37)(H,35,36)/b11-10+/t21-,22-/m1/s1. The number of pyridine rings is 1. The first kappa shape index (κ1) is 27.7. The summed E-state index contributed by atoms with van der Waals surface area (Å²) in [6.07, 6.45) is 1.64. The molecule has 0 aliphatic heterocycles. The van der Waals surface area contributed by atoms with Crippen molar-refractivity contribution in [1.82, 2.24) is 20.1 Å². The molecule has 3 aromatic rings. The number of carbonyl (C=O) groups is 2. The van der Waals surface area contributed by atoms with E-state index < -0.39 is 36.3 Å². The van der Waals surface area contributed by atoms with E-state index in [2.05, 4.69) is 15.4 Å². The lowest BCUT2D eigenvalue weighted by Gasteiger charge is -2.12. The van der Waals surface area contributed by atoms with Crippen molar-refractivity contribution in [2.24, 2.45) is 0 Å². The monoisotopic (exact) mass is 510 g/mol. The molecule has 1 aromatic carbocycles. The number of rotatable bonds is 11. The van der Waals surface area contributed by atoms with Gasteiger partial charge < -0.3 is 20.6 Å². The maximum absolute atomic E-state index is 13.6. The molecule has 0 aliphatic rings. The van der Waals surface area contributed by atoms with Crippen LogP contribution in [0, 0.1) is 12.7 Å². The summed E-state index contributed by atoms with van der Waals surface area (Å²) in [6.45, 7) is 5.92. The number of carbonyl (C=O) groups excluding carboxylic acids is 1. The second kappa shape index (κ2) is 12.4. The molecule has 0 saturated heterocycles. The molecule has 0 spiro atoms. The molecular formula is C27H31FN4O5. The molecule has 10 heteroatoms. The summed E-state index contributed by atoms with van der Waals surface area (Å²) in [5, 5.41) is 36.4. The number of aliphatic hydroxyl groups excluding tert-OH is 2. The Morgan fingerprint density at radius 3 is 2.43 bits per heavy atom. The van der Waals surface area contributed by atoms with Crippen LogP contribution in [0.3, 0.4) is 0 Å². The number of halogens is 1. The van der Waals surface area contributed by atoms with Crippen LogP contribution >= 0.6 is 0 Å². The number of carboxylic acid groups (broad SMARTS) is 1. The third-order valence-electron chi connectivity index (χ3n) is 5.65. The van der Waals surface area contributed by atoms with Gasteiger partial charge in [0.2, 0.25) is 0 Å². The molecule has 196 valence electrons. The molecule has 2 heterocycles. The maximum Gasteiger partial charge on any atom is 0.305 e. The Morgan fingerprint density at radius 1 is 1.14 bits per heavy atom. The average Bonchev–Trinajstić information content (AvgIpc) is 3.22. The summed E-state index contributed by atoms with van der Waals surface area (Å²) < 4.78 is 15.1. The van der Waals surface area contributed by atoms with Gasteiger partial charge in [0, 0.05) is 30.4 Å². The number of hydrogen-bond donors (Lipinski definition) is 4. The molecule has 9 nitrogen and oxygen atoms in total. The molecule has 0 fully saturated rings. The lowest BCUT2D eigenvalue weighted by atomic mass is 9.98. The minimum Gasteiger partial charge on any atom is -0.481 e. The Morgan fingerprint density at radius 2 is 1.84 bits per heavy atom. The number of aromatic nitrogens is 3. The second-order valence-electron chi connectivity index (χ2n) is 9.09. The number of amides is 1. The normalized spacial score (nSPS) is 13.2. The van der Waals surface area contributed by atoms with Crippen molar-refractivity contribution < 1.29 is 29.3 Å². The van der Waals surface area contributed by atoms with Crippen LogP contribution in [0.4, 0.5) is 4.39 Å². The van der Waals surface area contributed by atoms with Crippen molar-refractivity contribution in [2.45, 2.75) is 58.3 Å². The zero-order valence-electron chi connectivity index (χ0n) is 20.9. The zero-order valence-corrected chi connectivity index (χ0v) is 20.9. The topological polar surface area (TPSA) is 138 Å². The van der Waals surface area contributed by atoms with Crippen LogP contribution in [0.25, 0.3) is 11.8 Å². The predicted molar refractivity (Wildman–Crippen MR) is 136 cm³/mol. The Labute approximate surface area is 214 Å². The summed E-state index contributed by atoms with van der Waals surface area (Å²) in [5.41, 5.74) is 3.48. The number of nitrogens with zero attached hydrogens (tertiary/aromatic N) is 3. The fourth-order valence-electron chi connectivity index (χ4n) is 3.83. The van der Waals surface area contributed by atoms with Gasteiger partial charge in [0.25, 0.3) is 5.91 Å². The molecule has 2 aromatic heterocycles. The molecule has 4 N–H and O–H groups in total. The number of nitrogens with one attached hydrogen (secondary N) is 1. The number of hydrogen-bond acceptors (Lipinski definition) is 6. The molecule has 1 amide bonds. The van der Waals surface area contributed by atoms with Gasteiger partial charge in [0.05, 0.1) is 30.0 Å². The van der Waals surface area contributed by atoms with Crippen molar-refractivity contribution in [1.29, 1.82) is 0 Å². The van der Waals surface area contributed by atoms with Gasteiger partial charge in [-0.3, -0.25) is 14.6 Å². The van der Waals surface area contributed by atoms with E-state index >= 15 is 0 Å². The van der Waals surface area contributed by atoms with E-state index in [4.69, 9.17) is 5.11 Å². The van der Waals surface area contributed by atoms with E-state index in [1.54, 1.807) is 12.3 Å². The minimum atomic E-state index is -1.22. The van der Waals surface area contributed by atoms with Gasteiger partial charge in [0.15, 0.2) is 5.69 Å². The lowest BCUT2D eigenvalue weighted by Crippen LogP contribution is -2.24. The highest BCUT2D eigenvalue weighted by Crippen LogP contribution is 2.28. The summed E-state index contributed by atoms with van der Waals surface area (Å²) >= 11 is 0. The van der Waals surface area contributed by atoms with E-state index in [9.17, 15) is 24.2 Å². The van der Waals surface area contributed by atoms with Gasteiger partial charge in [-0.2, -0.15) is 5.10 Å². The molecule has 0 unspecified atom stereocenters. The largest absolute Gasteiger partial charge is 0.481 e. The lowest BCUT2D eigenvalue weighted by molar-refractivity contribution is -0.139. The van der Waals surface area contributed by atoms with E-state index in [1.165, 1.54) is 35.0 Å². The molecule has 37 heavy (non-hydrogen) atoms. The number of aliphatic hydroxyl groups is 2. The highest BCUT2D eigenvalue weighted by Gasteiger charge is 2.25. The van der Waals surface area contributed by atoms with Gasteiger partial charge in [-0.1, -0.05) is 26.0 Å². The highest BCUT2D eigenvalue weighted by molar-refractivity contribution is 5.95. The Bertz CT molecular complexity index is 1250. The molecule has 0 saturated carbocycles. The van der Waals surface area contributed by atoms with Crippen molar-refractivity contribution in [3.63, 3.8) is 0 Å². The van der Waals surface area contributed by atoms with Gasteiger partial charge in [-0.05, 0) is 54.8 Å². The van der Waals surface area contributed by atoms with Gasteiger partial charge in [0.1, 0.15) is 5.82 Å². The van der Waals surface area contributed by atoms with E-state index in [0.717, 1.165) is 11.3 Å². The smallest absolute Gasteiger partial charge is 0.305 e. The third kappa shape index (κ3) is 7.55. The Balaban J connectivity index is 1.96. The molecule has 0 aliphatic carbocycles. The number of aryl methyl sites for hydroxylation is 1. The SMILES string of the molecule is Cc1ccc(CNC(=O)c2nn(-c3ccc(F)cc3)c(/C=C/[C@@H](O)C[C@@H](O)CC(=O)O)c2C(C)C)cn1. The van der Waals surface area contributed by atoms with Gasteiger partial charge in [-0.25, -0.2) is 9.07 Å². The van der Waals surface area contributed by atoms with Crippen LogP contribution in [0.5, 0.6) is 0 Å². The number of benzene rings is 1. The molecule has 2 atom stereocenters. The van der Waals surface area contributed by atoms with Crippen LogP contribution in [0.2, 0.25) is 0 Å². The van der Waals surface area contributed by atoms with Crippen LogP contribution in [0.1, 0.15) is 65.6 Å². The number of carboxylic acids is 1. The first-order valence-electron chi connectivity index (χ1n) is 11.9. The molecule has 3 rings (SSSR count). The fourth-order valence-corrected chi connectivity index (χ4v) is 3.83. The first-order chi connectivity index (χ1) is 17.5. The Hall–Kier alpha value is -3.89. The number of aliphatic carboxylic acids is 1. The molecule has 0 bridgehead atoms. The van der Waals surface area contributed by atoms with E-state index in [1.807, 2.05) is 32.9 Å². The highest BCUT2D eigenvalue weighted by atomic mass is 19.1. The average molecular weight is 511 g/mol. The zero-order chi connectivity index (χ0) is 27.1. The van der Waals surface area contributed by atoms with Gasteiger partial charge in [-0.15, -0.1) is 0 Å². The van der Waals surface area contributed by atoms with Crippen LogP contribution in [-0.2, 0) is 11.3 Å². The van der Waals surface area contributed by atoms with Crippen molar-refractivity contribution >= 4 is 18.0 Å². The van der Waals surface area contributed by atoms with Gasteiger partial charge >= 0.3 is 5.97 Å². The van der Waals surface area contributed by atoms with Crippen LogP contribution in [0.15, 0.2) is 48.7 Å². The summed E-state index contributed by atoms with van der Waals surface area (Å²) in [5.74, 6) is -2.15. The van der Waals surface area contributed by atoms with Crippen LogP contribution < -0.4 is 5.32 Å².